The van der Waals surface area contributed by atoms with Crippen LogP contribution in [0, 0.1) is 6.92 Å². The lowest BCUT2D eigenvalue weighted by atomic mass is 10.2. The van der Waals surface area contributed by atoms with Gasteiger partial charge in [-0.1, -0.05) is 11.6 Å². The Morgan fingerprint density at radius 2 is 2.40 bits per heavy atom. The van der Waals surface area contributed by atoms with Crippen molar-refractivity contribution >= 4 is 17.4 Å². The Bertz CT molecular complexity index is 378. The van der Waals surface area contributed by atoms with Gasteiger partial charge in [-0.3, -0.25) is 0 Å². The molecule has 2 fully saturated rings. The van der Waals surface area contributed by atoms with Gasteiger partial charge >= 0.3 is 0 Å². The number of aromatic nitrogens is 2. The quantitative estimate of drug-likeness (QED) is 0.678. The highest BCUT2D eigenvalue weighted by molar-refractivity contribution is 6.29. The summed E-state index contributed by atoms with van der Waals surface area (Å²) in [5, 5.41) is 0.515. The molecule has 2 atom stereocenters. The van der Waals surface area contributed by atoms with Crippen molar-refractivity contribution in [2.45, 2.75) is 25.5 Å². The van der Waals surface area contributed by atoms with E-state index in [2.05, 4.69) is 14.9 Å². The van der Waals surface area contributed by atoms with Crippen molar-refractivity contribution in [3.8, 4) is 0 Å². The molecule has 0 N–H and O–H groups in total. The maximum absolute atomic E-state index is 5.92. The number of anilines is 1. The van der Waals surface area contributed by atoms with E-state index >= 15 is 0 Å². The van der Waals surface area contributed by atoms with Crippen molar-refractivity contribution in [3.63, 3.8) is 0 Å². The summed E-state index contributed by atoms with van der Waals surface area (Å²) in [5.74, 6) is 1.66. The number of fused-ring (bicyclic) bond motifs is 2. The van der Waals surface area contributed by atoms with Crippen LogP contribution in [-0.4, -0.2) is 35.3 Å². The zero-order valence-electron chi connectivity index (χ0n) is 8.48. The highest BCUT2D eigenvalue weighted by atomic mass is 35.5. The Morgan fingerprint density at radius 3 is 3.00 bits per heavy atom. The third-order valence-corrected chi connectivity index (χ3v) is 3.18. The molecule has 3 heterocycles. The summed E-state index contributed by atoms with van der Waals surface area (Å²) in [5.41, 5.74) is 0. The summed E-state index contributed by atoms with van der Waals surface area (Å²) >= 11 is 5.92. The summed E-state index contributed by atoms with van der Waals surface area (Å²) < 4.78 is 5.55. The first kappa shape index (κ1) is 9.36. The van der Waals surface area contributed by atoms with Crippen LogP contribution in [-0.2, 0) is 4.74 Å². The number of halogens is 1. The first-order chi connectivity index (χ1) is 7.22. The fourth-order valence-electron chi connectivity index (χ4n) is 2.34. The molecule has 2 aliphatic heterocycles. The molecular formula is C10H12ClN3O. The van der Waals surface area contributed by atoms with Crippen LogP contribution in [0.15, 0.2) is 6.07 Å². The van der Waals surface area contributed by atoms with Crippen LogP contribution in [0.2, 0.25) is 5.15 Å². The monoisotopic (exact) mass is 225 g/mol. The van der Waals surface area contributed by atoms with Crippen LogP contribution in [0.25, 0.3) is 0 Å². The molecule has 1 aromatic heterocycles. The summed E-state index contributed by atoms with van der Waals surface area (Å²) in [6.45, 7) is 3.60. The van der Waals surface area contributed by atoms with Crippen LogP contribution in [0.1, 0.15) is 12.2 Å². The topological polar surface area (TPSA) is 38.2 Å². The van der Waals surface area contributed by atoms with Gasteiger partial charge in [-0.05, 0) is 13.3 Å². The van der Waals surface area contributed by atoms with Crippen molar-refractivity contribution in [3.05, 3.63) is 17.0 Å². The van der Waals surface area contributed by atoms with Gasteiger partial charge in [0, 0.05) is 12.6 Å². The lowest BCUT2D eigenvalue weighted by Gasteiger charge is -2.27. The molecule has 2 saturated heterocycles. The van der Waals surface area contributed by atoms with Crippen molar-refractivity contribution in [2.24, 2.45) is 0 Å². The van der Waals surface area contributed by atoms with E-state index < -0.39 is 0 Å². The zero-order valence-corrected chi connectivity index (χ0v) is 9.24. The molecular weight excluding hydrogens is 214 g/mol. The van der Waals surface area contributed by atoms with Gasteiger partial charge in [0.05, 0.1) is 18.8 Å². The van der Waals surface area contributed by atoms with Gasteiger partial charge in [-0.25, -0.2) is 9.97 Å². The number of hydrogen-bond donors (Lipinski definition) is 0. The van der Waals surface area contributed by atoms with E-state index in [9.17, 15) is 0 Å². The Morgan fingerprint density at radius 1 is 1.53 bits per heavy atom. The average Bonchev–Trinajstić information content (AvgIpc) is 2.76. The molecule has 80 valence electrons. The summed E-state index contributed by atoms with van der Waals surface area (Å²) in [4.78, 5) is 10.7. The molecule has 0 amide bonds. The predicted octanol–water partition coefficient (Wildman–Crippen LogP) is 1.42. The van der Waals surface area contributed by atoms with Gasteiger partial charge in [-0.15, -0.1) is 0 Å². The normalized spacial score (nSPS) is 28.8. The van der Waals surface area contributed by atoms with E-state index in [-0.39, 0.29) is 0 Å². The number of hydrogen-bond acceptors (Lipinski definition) is 4. The smallest absolute Gasteiger partial charge is 0.134 e. The molecule has 2 unspecified atom stereocenters. The van der Waals surface area contributed by atoms with E-state index in [0.29, 0.717) is 17.3 Å². The first-order valence-corrected chi connectivity index (χ1v) is 5.49. The zero-order chi connectivity index (χ0) is 10.4. The molecule has 0 saturated carbocycles. The number of nitrogens with zero attached hydrogens (tertiary/aromatic N) is 3. The number of rotatable bonds is 1. The molecule has 0 radical (unpaired) electrons. The van der Waals surface area contributed by atoms with Gasteiger partial charge in [0.2, 0.25) is 0 Å². The Hall–Kier alpha value is -0.870. The lowest BCUT2D eigenvalue weighted by molar-refractivity contribution is 0.0989. The largest absolute Gasteiger partial charge is 0.374 e. The second-order valence-corrected chi connectivity index (χ2v) is 4.48. The Kier molecular flexibility index (Phi) is 2.07. The fraction of sp³-hybridized carbons (Fsp3) is 0.600. The van der Waals surface area contributed by atoms with E-state index in [1.165, 1.54) is 0 Å². The standard InChI is InChI=1S/C10H12ClN3O/c1-6-12-9(11)3-10(13-6)14-4-8-2-7(14)5-15-8/h3,7-8H,2,4-5H2,1H3. The third kappa shape index (κ3) is 1.58. The van der Waals surface area contributed by atoms with Crippen molar-refractivity contribution in [1.82, 2.24) is 9.97 Å². The molecule has 5 heteroatoms. The first-order valence-electron chi connectivity index (χ1n) is 5.12. The number of morpholine rings is 1. The van der Waals surface area contributed by atoms with E-state index in [1.807, 2.05) is 13.0 Å². The second kappa shape index (κ2) is 3.32. The van der Waals surface area contributed by atoms with Crippen LogP contribution in [0.3, 0.4) is 0 Å². The molecule has 4 nitrogen and oxygen atoms in total. The summed E-state index contributed by atoms with van der Waals surface area (Å²) in [6, 6.07) is 2.30. The molecule has 0 aromatic carbocycles. The van der Waals surface area contributed by atoms with Crippen LogP contribution in [0.4, 0.5) is 5.82 Å². The molecule has 0 aliphatic carbocycles. The minimum atomic E-state index is 0.379. The maximum atomic E-state index is 5.92. The molecule has 15 heavy (non-hydrogen) atoms. The van der Waals surface area contributed by atoms with Crippen LogP contribution >= 0.6 is 11.6 Å². The Balaban J connectivity index is 1.93. The highest BCUT2D eigenvalue weighted by Gasteiger charge is 2.39. The van der Waals surface area contributed by atoms with Crippen molar-refractivity contribution < 1.29 is 4.74 Å². The number of aryl methyl sites for hydroxylation is 1. The minimum Gasteiger partial charge on any atom is -0.374 e. The Labute approximate surface area is 93.2 Å². The number of ether oxygens (including phenoxy) is 1. The van der Waals surface area contributed by atoms with Crippen LogP contribution < -0.4 is 4.90 Å². The van der Waals surface area contributed by atoms with E-state index in [1.54, 1.807) is 0 Å². The van der Waals surface area contributed by atoms with Crippen molar-refractivity contribution in [1.29, 1.82) is 0 Å². The maximum Gasteiger partial charge on any atom is 0.134 e. The van der Waals surface area contributed by atoms with E-state index in [0.717, 1.165) is 31.2 Å². The molecule has 1 aromatic rings. The van der Waals surface area contributed by atoms with Gasteiger partial charge in [0.1, 0.15) is 16.8 Å². The van der Waals surface area contributed by atoms with Gasteiger partial charge in [0.15, 0.2) is 0 Å². The summed E-state index contributed by atoms with van der Waals surface area (Å²) in [7, 11) is 0. The summed E-state index contributed by atoms with van der Waals surface area (Å²) in [6.07, 6.45) is 1.49. The fourth-order valence-corrected chi connectivity index (χ4v) is 2.56. The van der Waals surface area contributed by atoms with Crippen molar-refractivity contribution in [2.75, 3.05) is 18.1 Å². The van der Waals surface area contributed by atoms with Gasteiger partial charge in [-0.2, -0.15) is 0 Å². The average molecular weight is 226 g/mol. The van der Waals surface area contributed by atoms with Gasteiger partial charge in [0.25, 0.3) is 0 Å². The third-order valence-electron chi connectivity index (χ3n) is 2.99. The molecule has 3 rings (SSSR count). The lowest BCUT2D eigenvalue weighted by Crippen LogP contribution is -2.37. The second-order valence-electron chi connectivity index (χ2n) is 4.09. The molecule has 2 bridgehead atoms. The highest BCUT2D eigenvalue weighted by Crippen LogP contribution is 2.32. The predicted molar refractivity (Wildman–Crippen MR) is 57.3 cm³/mol. The molecule has 0 spiro atoms. The van der Waals surface area contributed by atoms with E-state index in [4.69, 9.17) is 16.3 Å². The minimum absolute atomic E-state index is 0.379. The van der Waals surface area contributed by atoms with Crippen LogP contribution in [0.5, 0.6) is 0 Å². The SMILES string of the molecule is Cc1nc(Cl)cc(N2CC3CC2CO3)n1. The van der Waals surface area contributed by atoms with Gasteiger partial charge < -0.3 is 9.64 Å². The molecule has 2 aliphatic rings.